The summed E-state index contributed by atoms with van der Waals surface area (Å²) in [7, 11) is 3.28. The molecule has 5 rings (SSSR count). The van der Waals surface area contributed by atoms with Gasteiger partial charge in [-0.3, -0.25) is 4.79 Å². The second-order valence-corrected chi connectivity index (χ2v) is 7.28. The molecule has 30 heavy (non-hydrogen) atoms. The molecule has 0 unspecified atom stereocenters. The summed E-state index contributed by atoms with van der Waals surface area (Å²) < 4.78 is 12.3. The Morgan fingerprint density at radius 2 is 1.77 bits per heavy atom. The number of ketones is 1. The number of nitrogens with zero attached hydrogens (tertiary/aromatic N) is 4. The van der Waals surface area contributed by atoms with Crippen molar-refractivity contribution in [2.24, 2.45) is 0 Å². The molecule has 7 heteroatoms. The Kier molecular flexibility index (Phi) is 4.43. The zero-order valence-corrected chi connectivity index (χ0v) is 16.7. The lowest BCUT2D eigenvalue weighted by Gasteiger charge is -2.24. The summed E-state index contributed by atoms with van der Waals surface area (Å²) in [5.41, 5.74) is 3.25. The van der Waals surface area contributed by atoms with Gasteiger partial charge in [-0.1, -0.05) is 18.2 Å². The van der Waals surface area contributed by atoms with Crippen molar-refractivity contribution in [1.82, 2.24) is 19.6 Å². The maximum absolute atomic E-state index is 12.9. The quantitative estimate of drug-likeness (QED) is 0.520. The lowest BCUT2D eigenvalue weighted by Crippen LogP contribution is -2.21. The topological polar surface area (TPSA) is 78.6 Å². The van der Waals surface area contributed by atoms with Crippen LogP contribution in [0, 0.1) is 0 Å². The van der Waals surface area contributed by atoms with E-state index < -0.39 is 0 Å². The molecule has 1 atom stereocenters. The highest BCUT2D eigenvalue weighted by molar-refractivity contribution is 5.98. The Hall–Kier alpha value is -3.74. The molecule has 1 aliphatic rings. The van der Waals surface area contributed by atoms with Crippen molar-refractivity contribution in [3.05, 3.63) is 71.5 Å². The maximum atomic E-state index is 12.9. The van der Waals surface area contributed by atoms with Crippen LogP contribution in [0.1, 0.15) is 34.0 Å². The number of fused-ring (bicyclic) bond motifs is 2. The van der Waals surface area contributed by atoms with Gasteiger partial charge in [0.2, 0.25) is 0 Å². The fourth-order valence-electron chi connectivity index (χ4n) is 3.97. The monoisotopic (exact) mass is 400 g/mol. The van der Waals surface area contributed by atoms with Gasteiger partial charge in [0.1, 0.15) is 11.5 Å². The minimum absolute atomic E-state index is 0.0279. The first-order valence-corrected chi connectivity index (χ1v) is 9.73. The first-order valence-electron chi connectivity index (χ1n) is 9.73. The van der Waals surface area contributed by atoms with Gasteiger partial charge >= 0.3 is 0 Å². The summed E-state index contributed by atoms with van der Waals surface area (Å²) in [6, 6.07) is 15.4. The molecule has 2 heterocycles. The zero-order valence-electron chi connectivity index (χ0n) is 16.7. The molecule has 2 aromatic heterocycles. The number of ether oxygens (including phenoxy) is 2. The summed E-state index contributed by atoms with van der Waals surface area (Å²) in [5.74, 6) is 2.69. The zero-order chi connectivity index (χ0) is 20.7. The van der Waals surface area contributed by atoms with Crippen LogP contribution in [-0.4, -0.2) is 39.6 Å². The van der Waals surface area contributed by atoms with E-state index in [0.29, 0.717) is 30.0 Å². The first kappa shape index (κ1) is 18.3. The van der Waals surface area contributed by atoms with Crippen molar-refractivity contribution in [2.45, 2.75) is 18.8 Å². The van der Waals surface area contributed by atoms with E-state index in [1.165, 1.54) is 0 Å². The highest BCUT2D eigenvalue weighted by atomic mass is 16.5. The van der Waals surface area contributed by atoms with Crippen LogP contribution in [0.25, 0.3) is 17.2 Å². The highest BCUT2D eigenvalue weighted by Gasteiger charge is 2.30. The standard InChI is InChI=1S/C23H20N4O3/c1-29-16-9-7-14(8-10-16)22-25-23-24-19-11-15(17-5-3-4-6-21(17)30-2)12-20(28)18(19)13-27(23)26-22/h3-10,13,15H,11-12H2,1-2H3/t15-/m0/s1. The summed E-state index contributed by atoms with van der Waals surface area (Å²) in [6.07, 6.45) is 2.82. The van der Waals surface area contributed by atoms with Crippen molar-refractivity contribution < 1.29 is 14.3 Å². The van der Waals surface area contributed by atoms with Crippen molar-refractivity contribution in [3.8, 4) is 22.9 Å². The van der Waals surface area contributed by atoms with Crippen LogP contribution in [0.3, 0.4) is 0 Å². The van der Waals surface area contributed by atoms with Crippen molar-refractivity contribution in [1.29, 1.82) is 0 Å². The van der Waals surface area contributed by atoms with Crippen LogP contribution in [0.4, 0.5) is 0 Å². The molecule has 0 spiro atoms. The van der Waals surface area contributed by atoms with Crippen LogP contribution in [-0.2, 0) is 6.42 Å². The molecule has 0 saturated heterocycles. The Balaban J connectivity index is 1.52. The molecule has 0 bridgehead atoms. The second kappa shape index (κ2) is 7.26. The Labute approximate surface area is 173 Å². The van der Waals surface area contributed by atoms with E-state index in [1.807, 2.05) is 48.5 Å². The lowest BCUT2D eigenvalue weighted by atomic mass is 9.82. The third-order valence-corrected chi connectivity index (χ3v) is 5.51. The van der Waals surface area contributed by atoms with Gasteiger partial charge in [0, 0.05) is 24.1 Å². The lowest BCUT2D eigenvalue weighted by molar-refractivity contribution is 0.0962. The molecule has 2 aromatic carbocycles. The number of carbonyl (C=O) groups excluding carboxylic acids is 1. The molecular weight excluding hydrogens is 380 g/mol. The Morgan fingerprint density at radius 3 is 2.53 bits per heavy atom. The molecule has 1 aliphatic carbocycles. The number of hydrogen-bond acceptors (Lipinski definition) is 6. The number of aromatic nitrogens is 4. The predicted molar refractivity (Wildman–Crippen MR) is 111 cm³/mol. The molecule has 0 saturated carbocycles. The van der Waals surface area contributed by atoms with Crippen molar-refractivity contribution in [2.75, 3.05) is 14.2 Å². The number of benzene rings is 2. The molecule has 4 aromatic rings. The Morgan fingerprint density at radius 1 is 0.967 bits per heavy atom. The normalized spacial score (nSPS) is 15.8. The van der Waals surface area contributed by atoms with Crippen LogP contribution in [0.15, 0.2) is 54.7 Å². The molecular formula is C23H20N4O3. The molecule has 0 amide bonds. The van der Waals surface area contributed by atoms with Gasteiger partial charge in [0.15, 0.2) is 11.6 Å². The number of methoxy groups -OCH3 is 2. The Bertz CT molecular complexity index is 1250. The number of para-hydroxylation sites is 1. The van der Waals surface area contributed by atoms with E-state index in [9.17, 15) is 4.79 Å². The van der Waals surface area contributed by atoms with Gasteiger partial charge in [0.25, 0.3) is 5.78 Å². The third-order valence-electron chi connectivity index (χ3n) is 5.51. The van der Waals surface area contributed by atoms with Crippen molar-refractivity contribution in [3.63, 3.8) is 0 Å². The van der Waals surface area contributed by atoms with Gasteiger partial charge < -0.3 is 9.47 Å². The van der Waals surface area contributed by atoms with E-state index in [-0.39, 0.29) is 11.7 Å². The molecule has 0 fully saturated rings. The van der Waals surface area contributed by atoms with E-state index in [1.54, 1.807) is 24.9 Å². The van der Waals surface area contributed by atoms with Crippen LogP contribution in [0.5, 0.6) is 11.5 Å². The molecule has 0 N–H and O–H groups in total. The van der Waals surface area contributed by atoms with Gasteiger partial charge in [-0.05, 0) is 42.3 Å². The number of carbonyl (C=O) groups is 1. The van der Waals surface area contributed by atoms with Gasteiger partial charge in [-0.15, -0.1) is 5.10 Å². The van der Waals surface area contributed by atoms with E-state index in [2.05, 4.69) is 15.1 Å². The van der Waals surface area contributed by atoms with Crippen LogP contribution >= 0.6 is 0 Å². The van der Waals surface area contributed by atoms with E-state index in [0.717, 1.165) is 28.3 Å². The van der Waals surface area contributed by atoms with Crippen LogP contribution < -0.4 is 9.47 Å². The van der Waals surface area contributed by atoms with E-state index >= 15 is 0 Å². The maximum Gasteiger partial charge on any atom is 0.252 e. The average Bonchev–Trinajstić information content (AvgIpc) is 3.21. The second-order valence-electron chi connectivity index (χ2n) is 7.28. The summed E-state index contributed by atoms with van der Waals surface area (Å²) in [5, 5.41) is 4.52. The minimum Gasteiger partial charge on any atom is -0.497 e. The molecule has 0 radical (unpaired) electrons. The third kappa shape index (κ3) is 3.08. The highest BCUT2D eigenvalue weighted by Crippen LogP contribution is 2.36. The van der Waals surface area contributed by atoms with Gasteiger partial charge in [-0.2, -0.15) is 4.98 Å². The summed E-state index contributed by atoms with van der Waals surface area (Å²) in [6.45, 7) is 0. The van der Waals surface area contributed by atoms with Crippen LogP contribution in [0.2, 0.25) is 0 Å². The van der Waals surface area contributed by atoms with Gasteiger partial charge in [0.05, 0.1) is 25.5 Å². The van der Waals surface area contributed by atoms with Crippen molar-refractivity contribution >= 4 is 11.6 Å². The largest absolute Gasteiger partial charge is 0.497 e. The summed E-state index contributed by atoms with van der Waals surface area (Å²) >= 11 is 0. The SMILES string of the molecule is COc1ccc(-c2nc3nc4c(cn3n2)C(=O)C[C@@H](c2ccccc2OC)C4)cc1. The fourth-order valence-corrected chi connectivity index (χ4v) is 3.97. The summed E-state index contributed by atoms with van der Waals surface area (Å²) in [4.78, 5) is 22.2. The van der Waals surface area contributed by atoms with Gasteiger partial charge in [-0.25, -0.2) is 9.50 Å². The number of Topliss-reactive ketones (excluding diaryl/α,β-unsaturated/α-hetero) is 1. The molecule has 7 nitrogen and oxygen atoms in total. The molecule has 0 aliphatic heterocycles. The molecule has 150 valence electrons. The average molecular weight is 400 g/mol. The minimum atomic E-state index is 0.0279. The first-order chi connectivity index (χ1) is 14.7. The number of hydrogen-bond donors (Lipinski definition) is 0. The van der Waals surface area contributed by atoms with E-state index in [4.69, 9.17) is 9.47 Å². The predicted octanol–water partition coefficient (Wildman–Crippen LogP) is 3.72. The smallest absolute Gasteiger partial charge is 0.252 e. The fraction of sp³-hybridized carbons (Fsp3) is 0.217. The number of rotatable bonds is 4.